The number of aromatic nitrogens is 1. The van der Waals surface area contributed by atoms with Crippen molar-refractivity contribution >= 4 is 21.6 Å². The summed E-state index contributed by atoms with van der Waals surface area (Å²) in [7, 11) is 0. The van der Waals surface area contributed by atoms with Gasteiger partial charge in [0.25, 0.3) is 0 Å². The van der Waals surface area contributed by atoms with Crippen molar-refractivity contribution < 1.29 is 14.3 Å². The van der Waals surface area contributed by atoms with Crippen molar-refractivity contribution in [1.29, 1.82) is 0 Å². The lowest BCUT2D eigenvalue weighted by Gasteiger charge is -2.19. The molecule has 2 aliphatic rings. The monoisotopic (exact) mass is 326 g/mol. The Morgan fingerprint density at radius 1 is 1.32 bits per heavy atom. The van der Waals surface area contributed by atoms with E-state index in [0.717, 1.165) is 15.9 Å². The molecule has 0 bridgehead atoms. The van der Waals surface area contributed by atoms with Gasteiger partial charge >= 0.3 is 0 Å². The van der Waals surface area contributed by atoms with Crippen LogP contribution >= 0.6 is 15.9 Å². The van der Waals surface area contributed by atoms with Crippen LogP contribution < -0.4 is 0 Å². The molecule has 0 saturated carbocycles. The SMILES string of the molecule is CC1(C)OC[C@@H]([C@@H]2CC(c3ccc(Br)cn3)=NO2)O1. The van der Waals surface area contributed by atoms with Gasteiger partial charge in [-0.1, -0.05) is 5.16 Å². The van der Waals surface area contributed by atoms with E-state index in [2.05, 4.69) is 26.1 Å². The minimum Gasteiger partial charge on any atom is -0.389 e. The molecule has 0 aromatic carbocycles. The second-order valence-electron chi connectivity index (χ2n) is 5.11. The summed E-state index contributed by atoms with van der Waals surface area (Å²) in [4.78, 5) is 9.78. The molecular formula is C13H15BrN2O3. The minimum absolute atomic E-state index is 0.0771. The summed E-state index contributed by atoms with van der Waals surface area (Å²) in [5.41, 5.74) is 1.69. The number of halogens is 1. The fourth-order valence-electron chi connectivity index (χ4n) is 2.19. The summed E-state index contributed by atoms with van der Waals surface area (Å²) in [5.74, 6) is -0.535. The molecule has 0 aliphatic carbocycles. The van der Waals surface area contributed by atoms with Gasteiger partial charge in [0.05, 0.1) is 12.3 Å². The first kappa shape index (κ1) is 13.0. The van der Waals surface area contributed by atoms with Gasteiger partial charge in [-0.15, -0.1) is 0 Å². The zero-order valence-electron chi connectivity index (χ0n) is 10.8. The van der Waals surface area contributed by atoms with Crippen molar-refractivity contribution in [2.75, 3.05) is 6.61 Å². The van der Waals surface area contributed by atoms with Crippen molar-refractivity contribution in [3.05, 3.63) is 28.5 Å². The van der Waals surface area contributed by atoms with Gasteiger partial charge in [-0.2, -0.15) is 0 Å². The fraction of sp³-hybridized carbons (Fsp3) is 0.538. The quantitative estimate of drug-likeness (QED) is 0.837. The highest BCUT2D eigenvalue weighted by Crippen LogP contribution is 2.29. The Labute approximate surface area is 120 Å². The third-order valence-corrected chi connectivity index (χ3v) is 3.63. The molecule has 0 N–H and O–H groups in total. The first-order chi connectivity index (χ1) is 9.03. The van der Waals surface area contributed by atoms with Gasteiger partial charge in [0.15, 0.2) is 11.9 Å². The highest BCUT2D eigenvalue weighted by atomic mass is 79.9. The molecule has 1 fully saturated rings. The Kier molecular flexibility index (Phi) is 3.32. The third-order valence-electron chi connectivity index (χ3n) is 3.16. The molecular weight excluding hydrogens is 312 g/mol. The van der Waals surface area contributed by atoms with E-state index in [0.29, 0.717) is 13.0 Å². The van der Waals surface area contributed by atoms with Crippen molar-refractivity contribution in [2.24, 2.45) is 5.16 Å². The van der Waals surface area contributed by atoms with Crippen LogP contribution in [0.2, 0.25) is 0 Å². The average molecular weight is 327 g/mol. The lowest BCUT2D eigenvalue weighted by molar-refractivity contribution is -0.153. The number of oxime groups is 1. The topological polar surface area (TPSA) is 52.9 Å². The number of nitrogens with zero attached hydrogens (tertiary/aromatic N) is 2. The summed E-state index contributed by atoms with van der Waals surface area (Å²) in [6.45, 7) is 4.34. The van der Waals surface area contributed by atoms with Gasteiger partial charge in [-0.05, 0) is 41.9 Å². The van der Waals surface area contributed by atoms with Crippen LogP contribution in [-0.2, 0) is 14.3 Å². The Balaban J connectivity index is 1.65. The van der Waals surface area contributed by atoms with Gasteiger partial charge in [0.2, 0.25) is 0 Å². The fourth-order valence-corrected chi connectivity index (χ4v) is 2.43. The van der Waals surface area contributed by atoms with Crippen LogP contribution in [0.5, 0.6) is 0 Å². The lowest BCUT2D eigenvalue weighted by atomic mass is 10.1. The normalized spacial score (nSPS) is 29.1. The summed E-state index contributed by atoms with van der Waals surface area (Å²) >= 11 is 3.36. The van der Waals surface area contributed by atoms with E-state index in [4.69, 9.17) is 14.3 Å². The minimum atomic E-state index is -0.535. The van der Waals surface area contributed by atoms with Crippen LogP contribution in [0.4, 0.5) is 0 Å². The molecule has 5 nitrogen and oxygen atoms in total. The molecule has 0 unspecified atom stereocenters. The van der Waals surface area contributed by atoms with E-state index in [-0.39, 0.29) is 12.2 Å². The molecule has 19 heavy (non-hydrogen) atoms. The maximum absolute atomic E-state index is 5.79. The van der Waals surface area contributed by atoms with Gasteiger partial charge in [0, 0.05) is 17.1 Å². The van der Waals surface area contributed by atoms with Crippen molar-refractivity contribution in [3.8, 4) is 0 Å². The van der Waals surface area contributed by atoms with Crippen LogP contribution in [-0.4, -0.2) is 35.3 Å². The molecule has 102 valence electrons. The number of hydrogen-bond acceptors (Lipinski definition) is 5. The Hall–Kier alpha value is -0.980. The van der Waals surface area contributed by atoms with E-state index in [1.165, 1.54) is 0 Å². The van der Waals surface area contributed by atoms with Crippen LogP contribution in [0.25, 0.3) is 0 Å². The standard InChI is InChI=1S/C13H15BrN2O3/c1-13(2)17-7-12(18-13)11-5-10(16-19-11)9-4-3-8(14)6-15-9/h3-4,6,11-12H,5,7H2,1-2H3/t11-,12-/m0/s1. The predicted octanol–water partition coefficient (Wildman–Crippen LogP) is 2.49. The summed E-state index contributed by atoms with van der Waals surface area (Å²) in [6.07, 6.45) is 2.27. The van der Waals surface area contributed by atoms with Crippen molar-refractivity contribution in [1.82, 2.24) is 4.98 Å². The first-order valence-electron chi connectivity index (χ1n) is 6.20. The molecule has 3 rings (SSSR count). The summed E-state index contributed by atoms with van der Waals surface area (Å²) in [5, 5.41) is 4.11. The van der Waals surface area contributed by atoms with Crippen LogP contribution in [0.15, 0.2) is 28.0 Å². The molecule has 1 saturated heterocycles. The molecule has 3 heterocycles. The second-order valence-corrected chi connectivity index (χ2v) is 6.03. The molecule has 0 amide bonds. The Morgan fingerprint density at radius 2 is 2.16 bits per heavy atom. The molecule has 1 aromatic rings. The molecule has 1 aromatic heterocycles. The van der Waals surface area contributed by atoms with Crippen molar-refractivity contribution in [3.63, 3.8) is 0 Å². The number of hydrogen-bond donors (Lipinski definition) is 0. The van der Waals surface area contributed by atoms with Gasteiger partial charge in [-0.25, -0.2) is 0 Å². The molecule has 2 atom stereocenters. The smallest absolute Gasteiger partial charge is 0.163 e. The average Bonchev–Trinajstić information content (AvgIpc) is 2.96. The van der Waals surface area contributed by atoms with Crippen LogP contribution in [0, 0.1) is 0 Å². The van der Waals surface area contributed by atoms with E-state index in [9.17, 15) is 0 Å². The van der Waals surface area contributed by atoms with E-state index >= 15 is 0 Å². The maximum Gasteiger partial charge on any atom is 0.163 e. The summed E-state index contributed by atoms with van der Waals surface area (Å²) in [6, 6.07) is 3.86. The predicted molar refractivity (Wildman–Crippen MR) is 72.9 cm³/mol. The van der Waals surface area contributed by atoms with Gasteiger partial charge in [-0.3, -0.25) is 4.98 Å². The Bertz CT molecular complexity index is 501. The van der Waals surface area contributed by atoms with E-state index < -0.39 is 5.79 Å². The maximum atomic E-state index is 5.79. The zero-order valence-corrected chi connectivity index (χ0v) is 12.4. The van der Waals surface area contributed by atoms with E-state index in [1.807, 2.05) is 26.0 Å². The highest BCUT2D eigenvalue weighted by Gasteiger charge is 2.41. The second kappa shape index (κ2) is 4.85. The molecule has 0 radical (unpaired) electrons. The van der Waals surface area contributed by atoms with Crippen molar-refractivity contribution in [2.45, 2.75) is 38.3 Å². The molecule has 6 heteroatoms. The molecule has 2 aliphatic heterocycles. The number of rotatable bonds is 2. The number of pyridine rings is 1. The summed E-state index contributed by atoms with van der Waals surface area (Å²) < 4.78 is 12.3. The Morgan fingerprint density at radius 3 is 2.79 bits per heavy atom. The van der Waals surface area contributed by atoms with Gasteiger partial charge < -0.3 is 14.3 Å². The number of ether oxygens (including phenoxy) is 2. The lowest BCUT2D eigenvalue weighted by Crippen LogP contribution is -2.31. The third kappa shape index (κ3) is 2.80. The highest BCUT2D eigenvalue weighted by molar-refractivity contribution is 9.10. The zero-order chi connectivity index (χ0) is 13.5. The molecule has 0 spiro atoms. The van der Waals surface area contributed by atoms with Crippen LogP contribution in [0.1, 0.15) is 26.0 Å². The largest absolute Gasteiger partial charge is 0.389 e. The van der Waals surface area contributed by atoms with Gasteiger partial charge in [0.1, 0.15) is 11.8 Å². The first-order valence-corrected chi connectivity index (χ1v) is 6.99. The van der Waals surface area contributed by atoms with Crippen LogP contribution in [0.3, 0.4) is 0 Å². The van der Waals surface area contributed by atoms with E-state index in [1.54, 1.807) is 6.20 Å².